The van der Waals surface area contributed by atoms with E-state index < -0.39 is 6.29 Å². The van der Waals surface area contributed by atoms with Gasteiger partial charge in [-0.05, 0) is 31.7 Å². The highest BCUT2D eigenvalue weighted by Gasteiger charge is 2.43. The van der Waals surface area contributed by atoms with Crippen LogP contribution in [0.25, 0.3) is 0 Å². The summed E-state index contributed by atoms with van der Waals surface area (Å²) in [5.41, 5.74) is 0.873. The maximum Gasteiger partial charge on any atom is 0.586 e. The third kappa shape index (κ3) is 1.87. The van der Waals surface area contributed by atoms with Crippen molar-refractivity contribution in [3.8, 4) is 11.5 Å². The minimum absolute atomic E-state index is 0.0760. The standard InChI is InChI=1S/C10H11F2NO2/c1-6(13-2)7-3-4-8-9(5-7)15-10(11,12)14-8/h3-6,13H,1-2H3. The van der Waals surface area contributed by atoms with Gasteiger partial charge in [0.05, 0.1) is 0 Å². The highest BCUT2D eigenvalue weighted by Crippen LogP contribution is 2.41. The molecule has 0 aromatic heterocycles. The zero-order valence-corrected chi connectivity index (χ0v) is 8.38. The fourth-order valence-corrected chi connectivity index (χ4v) is 1.40. The lowest BCUT2D eigenvalue weighted by molar-refractivity contribution is -0.286. The molecule has 0 saturated heterocycles. The van der Waals surface area contributed by atoms with Crippen molar-refractivity contribution >= 4 is 0 Å². The molecule has 0 radical (unpaired) electrons. The van der Waals surface area contributed by atoms with Gasteiger partial charge in [0.2, 0.25) is 0 Å². The molecule has 1 aromatic rings. The Kier molecular flexibility index (Phi) is 2.26. The maximum absolute atomic E-state index is 12.7. The third-order valence-electron chi connectivity index (χ3n) is 2.36. The van der Waals surface area contributed by atoms with Crippen molar-refractivity contribution in [1.82, 2.24) is 5.32 Å². The van der Waals surface area contributed by atoms with Crippen LogP contribution in [0.1, 0.15) is 18.5 Å². The normalized spacial score (nSPS) is 18.9. The summed E-state index contributed by atoms with van der Waals surface area (Å²) in [5.74, 6) is 0.159. The Morgan fingerprint density at radius 1 is 1.27 bits per heavy atom. The highest BCUT2D eigenvalue weighted by atomic mass is 19.3. The van der Waals surface area contributed by atoms with Crippen molar-refractivity contribution in [1.29, 1.82) is 0 Å². The molecule has 0 spiro atoms. The van der Waals surface area contributed by atoms with Crippen LogP contribution in [0.2, 0.25) is 0 Å². The molecule has 0 saturated carbocycles. The zero-order chi connectivity index (χ0) is 11.1. The van der Waals surface area contributed by atoms with Crippen LogP contribution in [-0.2, 0) is 0 Å². The van der Waals surface area contributed by atoms with Crippen LogP contribution in [0, 0.1) is 0 Å². The second-order valence-electron chi connectivity index (χ2n) is 3.38. The molecule has 1 aromatic carbocycles. The summed E-state index contributed by atoms with van der Waals surface area (Å²) in [5, 5.41) is 3.01. The van der Waals surface area contributed by atoms with Crippen molar-refractivity contribution in [2.75, 3.05) is 7.05 Å². The average molecular weight is 215 g/mol. The molecular formula is C10H11F2NO2. The van der Waals surface area contributed by atoms with E-state index in [0.29, 0.717) is 0 Å². The second-order valence-corrected chi connectivity index (χ2v) is 3.38. The zero-order valence-electron chi connectivity index (χ0n) is 8.38. The van der Waals surface area contributed by atoms with E-state index in [-0.39, 0.29) is 17.5 Å². The monoisotopic (exact) mass is 215 g/mol. The van der Waals surface area contributed by atoms with Crippen LogP contribution in [0.15, 0.2) is 18.2 Å². The van der Waals surface area contributed by atoms with E-state index in [0.717, 1.165) is 5.56 Å². The van der Waals surface area contributed by atoms with Gasteiger partial charge in [-0.3, -0.25) is 0 Å². The van der Waals surface area contributed by atoms with E-state index in [1.807, 2.05) is 6.92 Å². The van der Waals surface area contributed by atoms with E-state index in [4.69, 9.17) is 0 Å². The molecule has 1 N–H and O–H groups in total. The quantitative estimate of drug-likeness (QED) is 0.821. The third-order valence-corrected chi connectivity index (χ3v) is 2.36. The van der Waals surface area contributed by atoms with Crippen LogP contribution >= 0.6 is 0 Å². The van der Waals surface area contributed by atoms with Gasteiger partial charge in [0.15, 0.2) is 11.5 Å². The summed E-state index contributed by atoms with van der Waals surface area (Å²) in [6.45, 7) is 1.93. The van der Waals surface area contributed by atoms with Crippen molar-refractivity contribution in [3.05, 3.63) is 23.8 Å². The fourth-order valence-electron chi connectivity index (χ4n) is 1.40. The predicted molar refractivity (Wildman–Crippen MR) is 50.1 cm³/mol. The van der Waals surface area contributed by atoms with E-state index in [2.05, 4.69) is 14.8 Å². The molecule has 0 fully saturated rings. The number of hydrogen-bond acceptors (Lipinski definition) is 3. The second kappa shape index (κ2) is 3.34. The summed E-state index contributed by atoms with van der Waals surface area (Å²) < 4.78 is 34.0. The van der Waals surface area contributed by atoms with E-state index >= 15 is 0 Å². The summed E-state index contributed by atoms with van der Waals surface area (Å²) in [7, 11) is 1.80. The lowest BCUT2D eigenvalue weighted by Crippen LogP contribution is -2.25. The first-order valence-electron chi connectivity index (χ1n) is 4.59. The number of benzene rings is 1. The topological polar surface area (TPSA) is 30.5 Å². The number of ether oxygens (including phenoxy) is 2. The van der Waals surface area contributed by atoms with E-state index in [1.54, 1.807) is 19.2 Å². The van der Waals surface area contributed by atoms with Gasteiger partial charge in [-0.25, -0.2) is 0 Å². The Hall–Kier alpha value is -1.36. The molecule has 1 atom stereocenters. The molecule has 15 heavy (non-hydrogen) atoms. The number of fused-ring (bicyclic) bond motifs is 1. The molecule has 1 unspecified atom stereocenters. The Morgan fingerprint density at radius 3 is 2.60 bits per heavy atom. The molecule has 82 valence electrons. The lowest BCUT2D eigenvalue weighted by Gasteiger charge is -2.10. The van der Waals surface area contributed by atoms with Gasteiger partial charge in [-0.2, -0.15) is 0 Å². The van der Waals surface area contributed by atoms with E-state index in [1.165, 1.54) is 6.07 Å². The first-order chi connectivity index (χ1) is 7.02. The Labute approximate surface area is 86.0 Å². The molecule has 3 nitrogen and oxygen atoms in total. The molecule has 5 heteroatoms. The number of hydrogen-bond donors (Lipinski definition) is 1. The molecule has 1 aliphatic rings. The van der Waals surface area contributed by atoms with Crippen molar-refractivity contribution < 1.29 is 18.3 Å². The van der Waals surface area contributed by atoms with Gasteiger partial charge in [-0.1, -0.05) is 6.07 Å². The van der Waals surface area contributed by atoms with E-state index in [9.17, 15) is 8.78 Å². The number of halogens is 2. The molecule has 0 amide bonds. The summed E-state index contributed by atoms with van der Waals surface area (Å²) in [6.07, 6.45) is -3.54. The van der Waals surface area contributed by atoms with Crippen LogP contribution < -0.4 is 14.8 Å². The first kappa shape index (κ1) is 10.2. The van der Waals surface area contributed by atoms with Gasteiger partial charge in [0, 0.05) is 6.04 Å². The van der Waals surface area contributed by atoms with Crippen LogP contribution in [0.4, 0.5) is 8.78 Å². The van der Waals surface area contributed by atoms with Crippen LogP contribution in [0.3, 0.4) is 0 Å². The first-order valence-corrected chi connectivity index (χ1v) is 4.59. The SMILES string of the molecule is CNC(C)c1ccc2c(c1)OC(F)(F)O2. The van der Waals surface area contributed by atoms with Crippen molar-refractivity contribution in [2.24, 2.45) is 0 Å². The van der Waals surface area contributed by atoms with Crippen molar-refractivity contribution in [2.45, 2.75) is 19.3 Å². The highest BCUT2D eigenvalue weighted by molar-refractivity contribution is 5.45. The van der Waals surface area contributed by atoms with Gasteiger partial charge < -0.3 is 14.8 Å². The van der Waals surface area contributed by atoms with Gasteiger partial charge in [0.25, 0.3) is 0 Å². The minimum Gasteiger partial charge on any atom is -0.395 e. The number of alkyl halides is 2. The van der Waals surface area contributed by atoms with Crippen molar-refractivity contribution in [3.63, 3.8) is 0 Å². The van der Waals surface area contributed by atoms with Gasteiger partial charge in [0.1, 0.15) is 0 Å². The largest absolute Gasteiger partial charge is 0.586 e. The number of rotatable bonds is 2. The van der Waals surface area contributed by atoms with Crippen LogP contribution in [-0.4, -0.2) is 13.3 Å². The maximum atomic E-state index is 12.7. The number of nitrogens with one attached hydrogen (secondary N) is 1. The summed E-state index contributed by atoms with van der Waals surface area (Å²) in [4.78, 5) is 0. The molecule has 1 aliphatic heterocycles. The summed E-state index contributed by atoms with van der Waals surface area (Å²) in [6, 6.07) is 4.84. The Bertz CT molecular complexity index is 382. The molecule has 1 heterocycles. The molecular weight excluding hydrogens is 204 g/mol. The molecule has 0 aliphatic carbocycles. The molecule has 0 bridgehead atoms. The fraction of sp³-hybridized carbons (Fsp3) is 0.400. The van der Waals surface area contributed by atoms with Gasteiger partial charge in [-0.15, -0.1) is 8.78 Å². The minimum atomic E-state index is -3.54. The average Bonchev–Trinajstić information content (AvgIpc) is 2.49. The van der Waals surface area contributed by atoms with Crippen LogP contribution in [0.5, 0.6) is 11.5 Å². The summed E-state index contributed by atoms with van der Waals surface area (Å²) >= 11 is 0. The Morgan fingerprint density at radius 2 is 1.93 bits per heavy atom. The lowest BCUT2D eigenvalue weighted by atomic mass is 10.1. The molecule has 2 rings (SSSR count). The smallest absolute Gasteiger partial charge is 0.395 e. The van der Waals surface area contributed by atoms with Gasteiger partial charge >= 0.3 is 6.29 Å². The predicted octanol–water partition coefficient (Wildman–Crippen LogP) is 2.29. The Balaban J connectivity index is 2.30.